The molecule has 0 spiro atoms. The molecule has 0 bridgehead atoms. The number of para-hydroxylation sites is 1. The second-order valence-corrected chi connectivity index (χ2v) is 6.33. The highest BCUT2D eigenvalue weighted by Crippen LogP contribution is 2.20. The molecule has 28 heavy (non-hydrogen) atoms. The van der Waals surface area contributed by atoms with Gasteiger partial charge in [0.15, 0.2) is 5.76 Å². The summed E-state index contributed by atoms with van der Waals surface area (Å²) in [5.74, 6) is 1.57. The zero-order chi connectivity index (χ0) is 19.8. The lowest BCUT2D eigenvalue weighted by Crippen LogP contribution is -2.25. The van der Waals surface area contributed by atoms with Crippen molar-refractivity contribution in [1.82, 2.24) is 5.32 Å². The molecular formula is C23H23NO4. The second-order valence-electron chi connectivity index (χ2n) is 6.33. The fourth-order valence-corrected chi connectivity index (χ4v) is 2.77. The van der Waals surface area contributed by atoms with E-state index in [-0.39, 0.29) is 24.0 Å². The summed E-state index contributed by atoms with van der Waals surface area (Å²) in [5, 5.41) is 12.1. The molecule has 2 N–H and O–H groups in total. The van der Waals surface area contributed by atoms with E-state index in [1.807, 2.05) is 42.5 Å². The zero-order valence-corrected chi connectivity index (χ0v) is 15.6. The maximum Gasteiger partial charge on any atom is 0.287 e. The SMILES string of the molecule is C=CCc1ccccc1OCc1ccc(C(=O)NCCc2ccc(O)cc2)o1. The first-order chi connectivity index (χ1) is 13.7. The van der Waals surface area contributed by atoms with E-state index in [2.05, 4.69) is 11.9 Å². The number of phenols is 1. The minimum absolute atomic E-state index is 0.227. The van der Waals surface area contributed by atoms with E-state index < -0.39 is 0 Å². The van der Waals surface area contributed by atoms with Crippen LogP contribution in [-0.2, 0) is 19.4 Å². The lowest BCUT2D eigenvalue weighted by Gasteiger charge is -2.09. The molecule has 1 heterocycles. The summed E-state index contributed by atoms with van der Waals surface area (Å²) >= 11 is 0. The maximum absolute atomic E-state index is 12.2. The van der Waals surface area contributed by atoms with Gasteiger partial charge in [-0.2, -0.15) is 0 Å². The Hall–Kier alpha value is -3.47. The highest BCUT2D eigenvalue weighted by molar-refractivity contribution is 5.91. The molecule has 5 heteroatoms. The molecule has 5 nitrogen and oxygen atoms in total. The van der Waals surface area contributed by atoms with Crippen LogP contribution in [0.4, 0.5) is 0 Å². The molecule has 0 fully saturated rings. The van der Waals surface area contributed by atoms with Crippen LogP contribution in [-0.4, -0.2) is 17.6 Å². The van der Waals surface area contributed by atoms with E-state index in [4.69, 9.17) is 9.15 Å². The van der Waals surface area contributed by atoms with Gasteiger partial charge in [-0.15, -0.1) is 6.58 Å². The number of hydrogen-bond acceptors (Lipinski definition) is 4. The Morgan fingerprint density at radius 1 is 1.11 bits per heavy atom. The Labute approximate surface area is 164 Å². The van der Waals surface area contributed by atoms with E-state index in [9.17, 15) is 9.90 Å². The van der Waals surface area contributed by atoms with Crippen LogP contribution in [0.2, 0.25) is 0 Å². The minimum Gasteiger partial charge on any atom is -0.508 e. The first-order valence-electron chi connectivity index (χ1n) is 9.12. The van der Waals surface area contributed by atoms with Crippen LogP contribution in [0.3, 0.4) is 0 Å². The lowest BCUT2D eigenvalue weighted by atomic mass is 10.1. The van der Waals surface area contributed by atoms with Crippen molar-refractivity contribution < 1.29 is 19.1 Å². The monoisotopic (exact) mass is 377 g/mol. The molecule has 0 aliphatic heterocycles. The molecule has 1 amide bonds. The number of aromatic hydroxyl groups is 1. The van der Waals surface area contributed by atoms with Crippen molar-refractivity contribution in [2.75, 3.05) is 6.54 Å². The van der Waals surface area contributed by atoms with Crippen LogP contribution in [0, 0.1) is 0 Å². The predicted molar refractivity (Wildman–Crippen MR) is 108 cm³/mol. The number of amides is 1. The number of phenolic OH excluding ortho intramolecular Hbond substituents is 1. The van der Waals surface area contributed by atoms with Gasteiger partial charge in [0.25, 0.3) is 5.91 Å². The van der Waals surface area contributed by atoms with Crippen LogP contribution in [0.25, 0.3) is 0 Å². The summed E-state index contributed by atoms with van der Waals surface area (Å²) in [6, 6.07) is 18.1. The van der Waals surface area contributed by atoms with Gasteiger partial charge in [0, 0.05) is 6.54 Å². The first-order valence-corrected chi connectivity index (χ1v) is 9.12. The number of carbonyl (C=O) groups excluding carboxylic acids is 1. The summed E-state index contributed by atoms with van der Waals surface area (Å²) in [4.78, 5) is 12.2. The summed E-state index contributed by atoms with van der Waals surface area (Å²) in [6.45, 7) is 4.48. The van der Waals surface area contributed by atoms with Crippen molar-refractivity contribution in [2.24, 2.45) is 0 Å². The van der Waals surface area contributed by atoms with E-state index in [0.29, 0.717) is 18.7 Å². The average molecular weight is 377 g/mol. The molecule has 0 unspecified atom stereocenters. The Balaban J connectivity index is 1.50. The molecule has 0 aliphatic rings. The quantitative estimate of drug-likeness (QED) is 0.547. The van der Waals surface area contributed by atoms with Gasteiger partial charge in [-0.05, 0) is 54.3 Å². The Kier molecular flexibility index (Phi) is 6.52. The number of hydrogen-bond donors (Lipinski definition) is 2. The molecule has 144 valence electrons. The molecule has 0 aliphatic carbocycles. The van der Waals surface area contributed by atoms with Crippen molar-refractivity contribution in [3.8, 4) is 11.5 Å². The van der Waals surface area contributed by atoms with E-state index >= 15 is 0 Å². The average Bonchev–Trinajstić information content (AvgIpc) is 3.18. The summed E-state index contributed by atoms with van der Waals surface area (Å²) < 4.78 is 11.4. The predicted octanol–water partition coefficient (Wildman–Crippen LogP) is 4.27. The van der Waals surface area contributed by atoms with E-state index in [1.165, 1.54) is 0 Å². The molecule has 1 aromatic heterocycles. The first kappa shape index (κ1) is 19.3. The number of benzene rings is 2. The van der Waals surface area contributed by atoms with Gasteiger partial charge < -0.3 is 19.6 Å². The van der Waals surface area contributed by atoms with Gasteiger partial charge in [0.05, 0.1) is 0 Å². The Morgan fingerprint density at radius 3 is 2.68 bits per heavy atom. The van der Waals surface area contributed by atoms with Crippen LogP contribution >= 0.6 is 0 Å². The molecule has 2 aromatic carbocycles. The maximum atomic E-state index is 12.2. The molecule has 3 aromatic rings. The number of allylic oxidation sites excluding steroid dienone is 1. The molecule has 3 rings (SSSR count). The lowest BCUT2D eigenvalue weighted by molar-refractivity contribution is 0.0922. The molecule has 0 atom stereocenters. The topological polar surface area (TPSA) is 71.7 Å². The fraction of sp³-hybridized carbons (Fsp3) is 0.174. The number of nitrogens with one attached hydrogen (secondary N) is 1. The van der Waals surface area contributed by atoms with Gasteiger partial charge in [-0.1, -0.05) is 36.4 Å². The number of carbonyl (C=O) groups is 1. The third kappa shape index (κ3) is 5.27. The number of furan rings is 1. The van der Waals surface area contributed by atoms with Crippen molar-refractivity contribution in [3.05, 3.63) is 96.0 Å². The van der Waals surface area contributed by atoms with Crippen molar-refractivity contribution >= 4 is 5.91 Å². The van der Waals surface area contributed by atoms with E-state index in [1.54, 1.807) is 24.3 Å². The van der Waals surface area contributed by atoms with Gasteiger partial charge >= 0.3 is 0 Å². The highest BCUT2D eigenvalue weighted by atomic mass is 16.5. The van der Waals surface area contributed by atoms with Crippen molar-refractivity contribution in [1.29, 1.82) is 0 Å². The summed E-state index contributed by atoms with van der Waals surface area (Å²) in [7, 11) is 0. The van der Waals surface area contributed by atoms with Crippen LogP contribution < -0.4 is 10.1 Å². The number of rotatable bonds is 9. The highest BCUT2D eigenvalue weighted by Gasteiger charge is 2.11. The molecule has 0 saturated heterocycles. The van der Waals surface area contributed by atoms with Gasteiger partial charge in [0.1, 0.15) is 23.9 Å². The Morgan fingerprint density at radius 2 is 1.89 bits per heavy atom. The van der Waals surface area contributed by atoms with Crippen molar-refractivity contribution in [2.45, 2.75) is 19.4 Å². The van der Waals surface area contributed by atoms with Gasteiger partial charge in [0.2, 0.25) is 0 Å². The van der Waals surface area contributed by atoms with Crippen LogP contribution in [0.15, 0.2) is 77.7 Å². The molecule has 0 saturated carbocycles. The normalized spacial score (nSPS) is 10.4. The van der Waals surface area contributed by atoms with Gasteiger partial charge in [-0.3, -0.25) is 4.79 Å². The van der Waals surface area contributed by atoms with E-state index in [0.717, 1.165) is 23.3 Å². The van der Waals surface area contributed by atoms with Crippen LogP contribution in [0.1, 0.15) is 27.4 Å². The smallest absolute Gasteiger partial charge is 0.287 e. The summed E-state index contributed by atoms with van der Waals surface area (Å²) in [6.07, 6.45) is 3.22. The van der Waals surface area contributed by atoms with Crippen molar-refractivity contribution in [3.63, 3.8) is 0 Å². The fourth-order valence-electron chi connectivity index (χ4n) is 2.77. The zero-order valence-electron chi connectivity index (χ0n) is 15.6. The third-order valence-electron chi connectivity index (χ3n) is 4.23. The molecular weight excluding hydrogens is 354 g/mol. The second kappa shape index (κ2) is 9.46. The Bertz CT molecular complexity index is 928. The third-order valence-corrected chi connectivity index (χ3v) is 4.23. The minimum atomic E-state index is -0.267. The number of ether oxygens (including phenoxy) is 1. The van der Waals surface area contributed by atoms with Gasteiger partial charge in [-0.25, -0.2) is 0 Å². The largest absolute Gasteiger partial charge is 0.508 e. The standard InChI is InChI=1S/C23H23NO4/c1-2-5-18-6-3-4-7-21(18)27-16-20-12-13-22(28-20)23(26)24-15-14-17-8-10-19(25)11-9-17/h2-4,6-13,25H,1,5,14-16H2,(H,24,26). The molecule has 0 radical (unpaired) electrons. The van der Waals surface area contributed by atoms with Crippen LogP contribution in [0.5, 0.6) is 11.5 Å². The summed E-state index contributed by atoms with van der Waals surface area (Å²) in [5.41, 5.74) is 2.08.